The van der Waals surface area contributed by atoms with Crippen LogP contribution >= 0.6 is 0 Å². The van der Waals surface area contributed by atoms with E-state index < -0.39 is 34.1 Å². The van der Waals surface area contributed by atoms with Gasteiger partial charge in [-0.05, 0) is 76.1 Å². The van der Waals surface area contributed by atoms with Crippen molar-refractivity contribution in [3.05, 3.63) is 90.0 Å². The van der Waals surface area contributed by atoms with E-state index in [1.165, 1.54) is 17.0 Å². The fourth-order valence-corrected chi connectivity index (χ4v) is 5.69. The number of nitrogens with zero attached hydrogens (tertiary/aromatic N) is 2. The first-order chi connectivity index (χ1) is 18.9. The summed E-state index contributed by atoms with van der Waals surface area (Å²) in [6.45, 7) is 9.00. The number of carbonyl (C=O) groups is 2. The first kappa shape index (κ1) is 30.7. The van der Waals surface area contributed by atoms with Crippen LogP contribution in [0.1, 0.15) is 45.2 Å². The SMILES string of the molecule is CCC(C(=O)NC(C)(C)C)N(Cc1ccc(OC)cc1)C(=O)CN(c1ccc(C)cc1)S(=O)(=O)c1ccccc1. The van der Waals surface area contributed by atoms with Gasteiger partial charge >= 0.3 is 0 Å². The third-order valence-electron chi connectivity index (χ3n) is 6.33. The number of nitrogens with one attached hydrogen (secondary N) is 1. The zero-order valence-electron chi connectivity index (χ0n) is 24.0. The van der Waals surface area contributed by atoms with Crippen molar-refractivity contribution >= 4 is 27.5 Å². The van der Waals surface area contributed by atoms with Gasteiger partial charge in [-0.2, -0.15) is 0 Å². The number of hydrogen-bond acceptors (Lipinski definition) is 5. The topological polar surface area (TPSA) is 96.0 Å². The average Bonchev–Trinajstić information content (AvgIpc) is 2.92. The van der Waals surface area contributed by atoms with Crippen molar-refractivity contribution in [2.75, 3.05) is 18.0 Å². The Morgan fingerprint density at radius 2 is 1.52 bits per heavy atom. The number of carbonyl (C=O) groups excluding carboxylic acids is 2. The number of hydrogen-bond donors (Lipinski definition) is 1. The van der Waals surface area contributed by atoms with Gasteiger partial charge in [-0.3, -0.25) is 13.9 Å². The van der Waals surface area contributed by atoms with Crippen LogP contribution in [0.25, 0.3) is 0 Å². The maximum atomic E-state index is 14.1. The molecule has 0 fully saturated rings. The minimum atomic E-state index is -4.09. The van der Waals surface area contributed by atoms with E-state index in [0.717, 1.165) is 15.4 Å². The summed E-state index contributed by atoms with van der Waals surface area (Å²) in [4.78, 5) is 29.0. The number of anilines is 1. The molecule has 214 valence electrons. The molecule has 0 spiro atoms. The van der Waals surface area contributed by atoms with Crippen LogP contribution in [0.4, 0.5) is 5.69 Å². The lowest BCUT2D eigenvalue weighted by Crippen LogP contribution is -2.55. The van der Waals surface area contributed by atoms with Crippen LogP contribution in [0.15, 0.2) is 83.8 Å². The van der Waals surface area contributed by atoms with Crippen LogP contribution in [-0.2, 0) is 26.2 Å². The zero-order chi connectivity index (χ0) is 29.5. The molecule has 3 rings (SSSR count). The van der Waals surface area contributed by atoms with E-state index in [1.54, 1.807) is 61.7 Å². The molecule has 0 aromatic heterocycles. The van der Waals surface area contributed by atoms with E-state index in [0.29, 0.717) is 17.9 Å². The maximum Gasteiger partial charge on any atom is 0.264 e. The summed E-state index contributed by atoms with van der Waals surface area (Å²) in [6, 6.07) is 21.4. The van der Waals surface area contributed by atoms with E-state index >= 15 is 0 Å². The molecule has 40 heavy (non-hydrogen) atoms. The standard InChI is InChI=1S/C31H39N3O5S/c1-7-28(30(36)32-31(3,4)5)33(21-24-15-19-26(39-6)20-16-24)29(35)22-34(25-17-13-23(2)14-18-25)40(37,38)27-11-9-8-10-12-27/h8-20,28H,7,21-22H2,1-6H3,(H,32,36). The summed E-state index contributed by atoms with van der Waals surface area (Å²) >= 11 is 0. The van der Waals surface area contributed by atoms with Crippen molar-refractivity contribution < 1.29 is 22.7 Å². The molecule has 9 heteroatoms. The van der Waals surface area contributed by atoms with Gasteiger partial charge in [0.2, 0.25) is 11.8 Å². The predicted molar refractivity (Wildman–Crippen MR) is 158 cm³/mol. The molecule has 0 bridgehead atoms. The number of ether oxygens (including phenoxy) is 1. The van der Waals surface area contributed by atoms with Crippen LogP contribution in [0.5, 0.6) is 5.75 Å². The second kappa shape index (κ2) is 13.0. The third-order valence-corrected chi connectivity index (χ3v) is 8.12. The zero-order valence-corrected chi connectivity index (χ0v) is 24.9. The normalized spacial score (nSPS) is 12.3. The van der Waals surface area contributed by atoms with Crippen LogP contribution in [0.3, 0.4) is 0 Å². The van der Waals surface area contributed by atoms with Crippen LogP contribution in [-0.4, -0.2) is 50.4 Å². The molecule has 0 aliphatic heterocycles. The van der Waals surface area contributed by atoms with Crippen molar-refractivity contribution in [3.8, 4) is 5.75 Å². The number of methoxy groups -OCH3 is 1. The Morgan fingerprint density at radius 1 is 0.925 bits per heavy atom. The summed E-state index contributed by atoms with van der Waals surface area (Å²) in [7, 11) is -2.52. The Labute approximate surface area is 238 Å². The molecule has 3 aromatic carbocycles. The van der Waals surface area contributed by atoms with Crippen LogP contribution in [0.2, 0.25) is 0 Å². The maximum absolute atomic E-state index is 14.1. The molecule has 0 heterocycles. The summed E-state index contributed by atoms with van der Waals surface area (Å²) < 4.78 is 34.0. The average molecular weight is 566 g/mol. The van der Waals surface area contributed by atoms with Gasteiger partial charge in [0.1, 0.15) is 18.3 Å². The molecule has 0 aliphatic rings. The van der Waals surface area contributed by atoms with Gasteiger partial charge < -0.3 is 15.0 Å². The van der Waals surface area contributed by atoms with E-state index in [4.69, 9.17) is 4.74 Å². The minimum absolute atomic E-state index is 0.0718. The van der Waals surface area contributed by atoms with Crippen LogP contribution in [0, 0.1) is 6.92 Å². The van der Waals surface area contributed by atoms with Crippen molar-refractivity contribution in [3.63, 3.8) is 0 Å². The lowest BCUT2D eigenvalue weighted by atomic mass is 10.1. The molecule has 0 aliphatic carbocycles. The van der Waals surface area contributed by atoms with Gasteiger partial charge in [-0.25, -0.2) is 8.42 Å². The van der Waals surface area contributed by atoms with Gasteiger partial charge in [-0.1, -0.05) is 55.0 Å². The van der Waals surface area contributed by atoms with Gasteiger partial charge in [0.05, 0.1) is 17.7 Å². The molecule has 8 nitrogen and oxygen atoms in total. The lowest BCUT2D eigenvalue weighted by Gasteiger charge is -2.34. The second-order valence-corrected chi connectivity index (χ2v) is 12.6. The largest absolute Gasteiger partial charge is 0.497 e. The number of amides is 2. The highest BCUT2D eigenvalue weighted by molar-refractivity contribution is 7.92. The fraction of sp³-hybridized carbons (Fsp3) is 0.355. The number of aryl methyl sites for hydroxylation is 1. The van der Waals surface area contributed by atoms with Crippen molar-refractivity contribution in [2.24, 2.45) is 0 Å². The molecule has 0 saturated heterocycles. The minimum Gasteiger partial charge on any atom is -0.497 e. The summed E-state index contributed by atoms with van der Waals surface area (Å²) in [5.74, 6) is -0.130. The molecule has 0 radical (unpaired) electrons. The van der Waals surface area contributed by atoms with Crippen molar-refractivity contribution in [2.45, 2.75) is 64.1 Å². The molecule has 2 amide bonds. The fourth-order valence-electron chi connectivity index (χ4n) is 4.26. The molecule has 1 N–H and O–H groups in total. The second-order valence-electron chi connectivity index (χ2n) is 10.7. The highest BCUT2D eigenvalue weighted by atomic mass is 32.2. The number of benzene rings is 3. The first-order valence-electron chi connectivity index (χ1n) is 13.2. The van der Waals surface area contributed by atoms with Crippen LogP contribution < -0.4 is 14.4 Å². The molecule has 3 aromatic rings. The van der Waals surface area contributed by atoms with E-state index in [9.17, 15) is 18.0 Å². The Hall–Kier alpha value is -3.85. The van der Waals surface area contributed by atoms with E-state index in [2.05, 4.69) is 5.32 Å². The van der Waals surface area contributed by atoms with Gasteiger partial charge in [0, 0.05) is 12.1 Å². The summed E-state index contributed by atoms with van der Waals surface area (Å²) in [6.07, 6.45) is 0.347. The van der Waals surface area contributed by atoms with E-state index in [-0.39, 0.29) is 17.3 Å². The van der Waals surface area contributed by atoms with Gasteiger partial charge in [-0.15, -0.1) is 0 Å². The Kier molecular flexibility index (Phi) is 9.98. The Morgan fingerprint density at radius 3 is 2.05 bits per heavy atom. The van der Waals surface area contributed by atoms with Crippen molar-refractivity contribution in [1.29, 1.82) is 0 Å². The summed E-state index contributed by atoms with van der Waals surface area (Å²) in [5.41, 5.74) is 1.59. The molecule has 1 unspecified atom stereocenters. The third kappa shape index (κ3) is 7.85. The lowest BCUT2D eigenvalue weighted by molar-refractivity contribution is -0.141. The highest BCUT2D eigenvalue weighted by Gasteiger charge is 2.34. The molecule has 0 saturated carbocycles. The quantitative estimate of drug-likeness (QED) is 0.356. The van der Waals surface area contributed by atoms with Crippen molar-refractivity contribution in [1.82, 2.24) is 10.2 Å². The molecule has 1 atom stereocenters. The van der Waals surface area contributed by atoms with E-state index in [1.807, 2.05) is 46.8 Å². The predicted octanol–water partition coefficient (Wildman–Crippen LogP) is 4.92. The molecular formula is C31H39N3O5S. The summed E-state index contributed by atoms with van der Waals surface area (Å²) in [5, 5.41) is 2.97. The number of sulfonamides is 1. The van der Waals surface area contributed by atoms with Gasteiger partial charge in [0.25, 0.3) is 10.0 Å². The Balaban J connectivity index is 2.05. The monoisotopic (exact) mass is 565 g/mol. The molecular weight excluding hydrogens is 526 g/mol. The highest BCUT2D eigenvalue weighted by Crippen LogP contribution is 2.25. The number of rotatable bonds is 11. The first-order valence-corrected chi connectivity index (χ1v) is 14.7. The van der Waals surface area contributed by atoms with Gasteiger partial charge in [0.15, 0.2) is 0 Å². The Bertz CT molecular complexity index is 1380. The smallest absolute Gasteiger partial charge is 0.264 e.